The van der Waals surface area contributed by atoms with Crippen LogP contribution in [0.1, 0.15) is 12.6 Å². The lowest BCUT2D eigenvalue weighted by Gasteiger charge is -2.22. The Morgan fingerprint density at radius 1 is 1.59 bits per heavy atom. The van der Waals surface area contributed by atoms with Crippen molar-refractivity contribution in [2.45, 2.75) is 19.9 Å². The number of aryl methyl sites for hydroxylation is 1. The van der Waals surface area contributed by atoms with E-state index in [0.717, 1.165) is 0 Å². The quantitative estimate of drug-likeness (QED) is 0.626. The summed E-state index contributed by atoms with van der Waals surface area (Å²) in [7, 11) is 1.58. The standard InChI is InChI=1S/C10H13N3O4/c1-6-8(13(16)17)4-5-9(11-6)12(3)7(2)10(14)15/h4-5,7H,1-3H3,(H,14,15). The number of hydrogen-bond donors (Lipinski definition) is 1. The van der Waals surface area contributed by atoms with E-state index >= 15 is 0 Å². The number of pyridine rings is 1. The lowest BCUT2D eigenvalue weighted by atomic mass is 10.2. The molecule has 1 rings (SSSR count). The second-order valence-electron chi connectivity index (χ2n) is 3.66. The van der Waals surface area contributed by atoms with Crippen molar-refractivity contribution in [1.82, 2.24) is 4.98 Å². The number of aromatic nitrogens is 1. The van der Waals surface area contributed by atoms with E-state index in [0.29, 0.717) is 5.82 Å². The monoisotopic (exact) mass is 239 g/mol. The van der Waals surface area contributed by atoms with Gasteiger partial charge in [0.2, 0.25) is 0 Å². The van der Waals surface area contributed by atoms with Gasteiger partial charge >= 0.3 is 5.97 Å². The van der Waals surface area contributed by atoms with E-state index in [1.165, 1.54) is 30.9 Å². The van der Waals surface area contributed by atoms with Gasteiger partial charge in [0.15, 0.2) is 0 Å². The van der Waals surface area contributed by atoms with Gasteiger partial charge in [-0.25, -0.2) is 9.78 Å². The lowest BCUT2D eigenvalue weighted by molar-refractivity contribution is -0.385. The molecule has 1 aromatic rings. The van der Waals surface area contributed by atoms with Gasteiger partial charge in [0, 0.05) is 13.1 Å². The van der Waals surface area contributed by atoms with Gasteiger partial charge in [-0.05, 0) is 19.9 Å². The van der Waals surface area contributed by atoms with E-state index in [4.69, 9.17) is 5.11 Å². The Balaban J connectivity index is 3.05. The minimum Gasteiger partial charge on any atom is -0.480 e. The Morgan fingerprint density at radius 2 is 2.18 bits per heavy atom. The van der Waals surface area contributed by atoms with Crippen molar-refractivity contribution in [3.05, 3.63) is 27.9 Å². The van der Waals surface area contributed by atoms with E-state index in [-0.39, 0.29) is 11.4 Å². The van der Waals surface area contributed by atoms with E-state index in [9.17, 15) is 14.9 Å². The van der Waals surface area contributed by atoms with Gasteiger partial charge in [-0.2, -0.15) is 0 Å². The average molecular weight is 239 g/mol. The molecule has 1 atom stereocenters. The van der Waals surface area contributed by atoms with Crippen molar-refractivity contribution >= 4 is 17.5 Å². The van der Waals surface area contributed by atoms with Crippen LogP contribution < -0.4 is 4.90 Å². The molecule has 7 heteroatoms. The SMILES string of the molecule is Cc1nc(N(C)C(C)C(=O)O)ccc1[N+](=O)[O-]. The number of carboxylic acid groups (broad SMARTS) is 1. The number of nitrogens with zero attached hydrogens (tertiary/aromatic N) is 3. The Kier molecular flexibility index (Phi) is 3.62. The second kappa shape index (κ2) is 4.77. The number of aliphatic carboxylic acids is 1. The Bertz CT molecular complexity index is 461. The van der Waals surface area contributed by atoms with Gasteiger partial charge in [0.25, 0.3) is 5.69 Å². The van der Waals surface area contributed by atoms with Gasteiger partial charge < -0.3 is 10.0 Å². The predicted octanol–water partition coefficient (Wildman–Crippen LogP) is 1.21. The summed E-state index contributed by atoms with van der Waals surface area (Å²) < 4.78 is 0. The fraction of sp³-hybridized carbons (Fsp3) is 0.400. The van der Waals surface area contributed by atoms with Crippen LogP contribution in [0.15, 0.2) is 12.1 Å². The zero-order valence-corrected chi connectivity index (χ0v) is 9.75. The topological polar surface area (TPSA) is 96.6 Å². The van der Waals surface area contributed by atoms with Crippen molar-refractivity contribution in [2.24, 2.45) is 0 Å². The van der Waals surface area contributed by atoms with Crippen LogP contribution in [0, 0.1) is 17.0 Å². The van der Waals surface area contributed by atoms with Crippen LogP contribution in [0.4, 0.5) is 11.5 Å². The molecule has 1 unspecified atom stereocenters. The summed E-state index contributed by atoms with van der Waals surface area (Å²) in [4.78, 5) is 26.3. The van der Waals surface area contributed by atoms with Crippen LogP contribution in [-0.4, -0.2) is 34.1 Å². The third kappa shape index (κ3) is 2.68. The summed E-state index contributed by atoms with van der Waals surface area (Å²) in [6, 6.07) is 2.01. The summed E-state index contributed by atoms with van der Waals surface area (Å²) in [5, 5.41) is 19.5. The van der Waals surface area contributed by atoms with Crippen LogP contribution in [0.2, 0.25) is 0 Å². The summed E-state index contributed by atoms with van der Waals surface area (Å²) in [5.74, 6) is -0.590. The predicted molar refractivity (Wildman–Crippen MR) is 61.1 cm³/mol. The number of anilines is 1. The summed E-state index contributed by atoms with van der Waals surface area (Å²) in [6.45, 7) is 3.03. The normalized spacial score (nSPS) is 11.9. The molecule has 0 saturated heterocycles. The summed E-state index contributed by atoms with van der Waals surface area (Å²) in [5.41, 5.74) is 0.182. The molecule has 1 heterocycles. The molecular weight excluding hydrogens is 226 g/mol. The number of rotatable bonds is 4. The van der Waals surface area contributed by atoms with E-state index in [2.05, 4.69) is 4.98 Å². The van der Waals surface area contributed by atoms with Gasteiger partial charge in [0.05, 0.1) is 4.92 Å². The van der Waals surface area contributed by atoms with Crippen LogP contribution in [0.3, 0.4) is 0 Å². The molecule has 1 N–H and O–H groups in total. The number of hydrogen-bond acceptors (Lipinski definition) is 5. The molecule has 0 aliphatic heterocycles. The van der Waals surface area contributed by atoms with E-state index in [1.807, 2.05) is 0 Å². The number of carboxylic acids is 1. The van der Waals surface area contributed by atoms with Gasteiger partial charge in [0.1, 0.15) is 17.6 Å². The van der Waals surface area contributed by atoms with Crippen molar-refractivity contribution in [1.29, 1.82) is 0 Å². The molecule has 92 valence electrons. The van der Waals surface area contributed by atoms with Crippen molar-refractivity contribution in [3.8, 4) is 0 Å². The second-order valence-corrected chi connectivity index (χ2v) is 3.66. The van der Waals surface area contributed by atoms with Crippen LogP contribution >= 0.6 is 0 Å². The molecule has 0 aliphatic rings. The highest BCUT2D eigenvalue weighted by Gasteiger charge is 2.20. The maximum Gasteiger partial charge on any atom is 0.326 e. The number of carbonyl (C=O) groups is 1. The molecule has 0 amide bonds. The minimum absolute atomic E-state index is 0.0786. The molecular formula is C10H13N3O4. The van der Waals surface area contributed by atoms with Crippen LogP contribution in [0.25, 0.3) is 0 Å². The third-order valence-electron chi connectivity index (χ3n) is 2.54. The molecule has 0 aliphatic carbocycles. The molecule has 7 nitrogen and oxygen atoms in total. The summed E-state index contributed by atoms with van der Waals surface area (Å²) >= 11 is 0. The molecule has 0 radical (unpaired) electrons. The maximum atomic E-state index is 10.8. The average Bonchev–Trinajstić information content (AvgIpc) is 2.26. The van der Waals surface area contributed by atoms with Crippen LogP contribution in [0.5, 0.6) is 0 Å². The summed E-state index contributed by atoms with van der Waals surface area (Å²) in [6.07, 6.45) is 0. The molecule has 0 spiro atoms. The highest BCUT2D eigenvalue weighted by molar-refractivity contribution is 5.77. The van der Waals surface area contributed by atoms with Gasteiger partial charge in [-0.1, -0.05) is 0 Å². The fourth-order valence-corrected chi connectivity index (χ4v) is 1.29. The van der Waals surface area contributed by atoms with Gasteiger partial charge in [-0.3, -0.25) is 10.1 Å². The smallest absolute Gasteiger partial charge is 0.326 e. The first kappa shape index (κ1) is 12.9. The number of likely N-dealkylation sites (N-methyl/N-ethyl adjacent to an activating group) is 1. The third-order valence-corrected chi connectivity index (χ3v) is 2.54. The van der Waals surface area contributed by atoms with Gasteiger partial charge in [-0.15, -0.1) is 0 Å². The zero-order valence-electron chi connectivity index (χ0n) is 9.75. The highest BCUT2D eigenvalue weighted by atomic mass is 16.6. The number of nitro groups is 1. The highest BCUT2D eigenvalue weighted by Crippen LogP contribution is 2.20. The van der Waals surface area contributed by atoms with Crippen LogP contribution in [-0.2, 0) is 4.79 Å². The van der Waals surface area contributed by atoms with Crippen molar-refractivity contribution in [3.63, 3.8) is 0 Å². The first-order valence-corrected chi connectivity index (χ1v) is 4.92. The molecule has 0 aromatic carbocycles. The molecule has 1 aromatic heterocycles. The molecule has 17 heavy (non-hydrogen) atoms. The van der Waals surface area contributed by atoms with E-state index < -0.39 is 16.9 Å². The Labute approximate surface area is 97.8 Å². The maximum absolute atomic E-state index is 10.8. The minimum atomic E-state index is -0.981. The lowest BCUT2D eigenvalue weighted by Crippen LogP contribution is -2.36. The fourth-order valence-electron chi connectivity index (χ4n) is 1.29. The largest absolute Gasteiger partial charge is 0.480 e. The Morgan fingerprint density at radius 3 is 2.59 bits per heavy atom. The molecule has 0 saturated carbocycles. The van der Waals surface area contributed by atoms with Crippen molar-refractivity contribution in [2.75, 3.05) is 11.9 Å². The zero-order chi connectivity index (χ0) is 13.2. The molecule has 0 fully saturated rings. The first-order chi connectivity index (χ1) is 7.84. The Hall–Kier alpha value is -2.18. The first-order valence-electron chi connectivity index (χ1n) is 4.92. The van der Waals surface area contributed by atoms with Crippen molar-refractivity contribution < 1.29 is 14.8 Å². The van der Waals surface area contributed by atoms with E-state index in [1.54, 1.807) is 7.05 Å². The molecule has 0 bridgehead atoms.